The maximum Gasteiger partial charge on any atom is 0.341 e. The molecule has 0 unspecified atom stereocenters. The zero-order chi connectivity index (χ0) is 26.9. The molecule has 6 nitrogen and oxygen atoms in total. The first kappa shape index (κ1) is 25.3. The molecule has 2 aromatic carbocycles. The lowest BCUT2D eigenvalue weighted by Gasteiger charge is -2.09. The van der Waals surface area contributed by atoms with Gasteiger partial charge in [-0.15, -0.1) is 22.7 Å². The number of ether oxygens (including phenoxy) is 1. The topological polar surface area (TPSA) is 94.3 Å². The van der Waals surface area contributed by atoms with Crippen LogP contribution in [0.15, 0.2) is 66.7 Å². The van der Waals surface area contributed by atoms with Gasteiger partial charge in [0, 0.05) is 15.8 Å². The van der Waals surface area contributed by atoms with Crippen molar-refractivity contribution in [2.45, 2.75) is 32.1 Å². The molecular weight excluding hydrogens is 526 g/mol. The predicted molar refractivity (Wildman–Crippen MR) is 160 cm³/mol. The van der Waals surface area contributed by atoms with Crippen LogP contribution in [0.5, 0.6) is 0 Å². The number of amides is 1. The number of thiophene rings is 2. The highest BCUT2D eigenvalue weighted by Gasteiger charge is 2.28. The fourth-order valence-corrected chi connectivity index (χ4v) is 7.49. The molecule has 1 aliphatic carbocycles. The zero-order valence-corrected chi connectivity index (χ0v) is 23.1. The molecule has 1 aliphatic rings. The summed E-state index contributed by atoms with van der Waals surface area (Å²) in [5.74, 6) is -0.771. The maximum atomic E-state index is 13.7. The van der Waals surface area contributed by atoms with E-state index in [9.17, 15) is 9.59 Å². The molecular formula is C31H27N3O3S2. The number of hydrogen-bond acceptors (Lipinski definition) is 7. The van der Waals surface area contributed by atoms with Gasteiger partial charge in [-0.2, -0.15) is 0 Å². The summed E-state index contributed by atoms with van der Waals surface area (Å²) in [6.07, 6.45) is 4.93. The predicted octanol–water partition coefficient (Wildman–Crippen LogP) is 7.58. The number of carbonyl (C=O) groups is 2. The van der Waals surface area contributed by atoms with Crippen molar-refractivity contribution < 1.29 is 14.3 Å². The lowest BCUT2D eigenvalue weighted by molar-refractivity contribution is 0.0601. The number of anilines is 2. The molecule has 6 rings (SSSR count). The molecule has 0 spiro atoms. The Hall–Kier alpha value is -4.01. The van der Waals surface area contributed by atoms with Crippen molar-refractivity contribution in [1.29, 1.82) is 0 Å². The molecule has 0 atom stereocenters. The quantitative estimate of drug-likeness (QED) is 0.173. The normalized spacial score (nSPS) is 13.1. The minimum atomic E-state index is -0.422. The van der Waals surface area contributed by atoms with E-state index in [-0.39, 0.29) is 5.91 Å². The second kappa shape index (κ2) is 10.6. The summed E-state index contributed by atoms with van der Waals surface area (Å²) in [5, 5.41) is 4.29. The molecule has 1 amide bonds. The van der Waals surface area contributed by atoms with Crippen LogP contribution < -0.4 is 11.1 Å². The first-order chi connectivity index (χ1) is 19.0. The van der Waals surface area contributed by atoms with Crippen molar-refractivity contribution in [3.8, 4) is 22.4 Å². The summed E-state index contributed by atoms with van der Waals surface area (Å²) in [6, 6.07) is 22.0. The summed E-state index contributed by atoms with van der Waals surface area (Å²) in [7, 11) is 1.37. The number of pyridine rings is 1. The number of nitrogens with zero attached hydrogens (tertiary/aromatic N) is 1. The number of carbonyl (C=O) groups excluding carboxylic acids is 2. The smallest absolute Gasteiger partial charge is 0.341 e. The van der Waals surface area contributed by atoms with E-state index in [1.165, 1.54) is 29.8 Å². The van der Waals surface area contributed by atoms with E-state index in [0.29, 0.717) is 26.0 Å². The number of nitrogens with two attached hydrogens (primary N) is 1. The molecule has 3 N–H and O–H groups in total. The van der Waals surface area contributed by atoms with Gasteiger partial charge in [0.15, 0.2) is 0 Å². The van der Waals surface area contributed by atoms with Crippen LogP contribution in [0.3, 0.4) is 0 Å². The van der Waals surface area contributed by atoms with Crippen molar-refractivity contribution in [2.75, 3.05) is 18.2 Å². The molecule has 0 aliphatic heterocycles. The lowest BCUT2D eigenvalue weighted by Crippen LogP contribution is -2.14. The van der Waals surface area contributed by atoms with Crippen LogP contribution in [0.25, 0.3) is 32.6 Å². The molecule has 8 heteroatoms. The van der Waals surface area contributed by atoms with Gasteiger partial charge >= 0.3 is 5.97 Å². The molecule has 3 aromatic heterocycles. The van der Waals surface area contributed by atoms with Gasteiger partial charge in [-0.3, -0.25) is 4.79 Å². The van der Waals surface area contributed by atoms with Crippen molar-refractivity contribution in [3.63, 3.8) is 0 Å². The van der Waals surface area contributed by atoms with E-state index in [0.717, 1.165) is 70.3 Å². The van der Waals surface area contributed by atoms with Crippen molar-refractivity contribution in [2.24, 2.45) is 0 Å². The molecule has 0 radical (unpaired) electrons. The van der Waals surface area contributed by atoms with Crippen LogP contribution in [-0.2, 0) is 17.6 Å². The third-order valence-corrected chi connectivity index (χ3v) is 9.40. The highest BCUT2D eigenvalue weighted by molar-refractivity contribution is 7.21. The average molecular weight is 554 g/mol. The van der Waals surface area contributed by atoms with Gasteiger partial charge in [-0.25, -0.2) is 9.78 Å². The number of benzene rings is 2. The molecule has 0 bridgehead atoms. The van der Waals surface area contributed by atoms with E-state index >= 15 is 0 Å². The second-order valence-electron chi connectivity index (χ2n) is 9.53. The SMILES string of the molecule is COC(=O)c1c(NC(=O)c2sc3nc(-c4ccccc4)cc(-c4ccccc4)c3c2N)sc2c1CCCCC2. The molecule has 0 fully saturated rings. The number of nitrogens with one attached hydrogen (secondary N) is 1. The Balaban J connectivity index is 1.46. The van der Waals surface area contributed by atoms with E-state index in [4.69, 9.17) is 15.5 Å². The molecule has 39 heavy (non-hydrogen) atoms. The van der Waals surface area contributed by atoms with Crippen LogP contribution >= 0.6 is 22.7 Å². The second-order valence-corrected chi connectivity index (χ2v) is 11.6. The Labute approximate surface area is 234 Å². The Kier molecular flexibility index (Phi) is 6.89. The Morgan fingerprint density at radius 2 is 1.62 bits per heavy atom. The van der Waals surface area contributed by atoms with Crippen LogP contribution in [0.1, 0.15) is 49.7 Å². The third-order valence-electron chi connectivity index (χ3n) is 7.10. The number of methoxy groups -OCH3 is 1. The minimum absolute atomic E-state index is 0.350. The number of nitrogen functional groups attached to an aromatic ring is 1. The Bertz CT molecular complexity index is 1690. The van der Waals surface area contributed by atoms with Gasteiger partial charge in [-0.05, 0) is 48.4 Å². The Morgan fingerprint density at radius 1 is 0.923 bits per heavy atom. The first-order valence-electron chi connectivity index (χ1n) is 12.9. The molecule has 196 valence electrons. The fourth-order valence-electron chi connectivity index (χ4n) is 5.20. The monoisotopic (exact) mass is 553 g/mol. The number of aromatic nitrogens is 1. The van der Waals surface area contributed by atoms with Crippen LogP contribution in [0, 0.1) is 0 Å². The van der Waals surface area contributed by atoms with E-state index in [1.54, 1.807) is 0 Å². The van der Waals surface area contributed by atoms with E-state index in [2.05, 4.69) is 5.32 Å². The van der Waals surface area contributed by atoms with Gasteiger partial charge in [0.2, 0.25) is 0 Å². The highest BCUT2D eigenvalue weighted by atomic mass is 32.1. The first-order valence-corrected chi connectivity index (χ1v) is 14.6. The van der Waals surface area contributed by atoms with Crippen molar-refractivity contribution in [3.05, 3.63) is 87.6 Å². The number of fused-ring (bicyclic) bond motifs is 2. The van der Waals surface area contributed by atoms with Crippen LogP contribution in [-0.4, -0.2) is 24.0 Å². The van der Waals surface area contributed by atoms with Gasteiger partial charge < -0.3 is 15.8 Å². The molecule has 0 saturated heterocycles. The average Bonchev–Trinajstić information content (AvgIpc) is 3.39. The van der Waals surface area contributed by atoms with Gasteiger partial charge in [-0.1, -0.05) is 67.1 Å². The highest BCUT2D eigenvalue weighted by Crippen LogP contribution is 2.43. The number of aryl methyl sites for hydroxylation is 1. The third kappa shape index (κ3) is 4.70. The van der Waals surface area contributed by atoms with Gasteiger partial charge in [0.1, 0.15) is 14.7 Å². The lowest BCUT2D eigenvalue weighted by atomic mass is 9.99. The molecule has 5 aromatic rings. The number of esters is 1. The zero-order valence-electron chi connectivity index (χ0n) is 21.5. The van der Waals surface area contributed by atoms with Crippen molar-refractivity contribution >= 4 is 55.5 Å². The summed E-state index contributed by atoms with van der Waals surface area (Å²) in [6.45, 7) is 0. The maximum absolute atomic E-state index is 13.7. The fraction of sp³-hybridized carbons (Fsp3) is 0.194. The Morgan fingerprint density at radius 3 is 2.33 bits per heavy atom. The largest absolute Gasteiger partial charge is 0.465 e. The van der Waals surface area contributed by atoms with Crippen LogP contribution in [0.4, 0.5) is 10.7 Å². The summed E-state index contributed by atoms with van der Waals surface area (Å²) < 4.78 is 5.11. The minimum Gasteiger partial charge on any atom is -0.465 e. The summed E-state index contributed by atoms with van der Waals surface area (Å²) >= 11 is 2.74. The summed E-state index contributed by atoms with van der Waals surface area (Å²) in [4.78, 5) is 33.6. The molecule has 0 saturated carbocycles. The number of rotatable bonds is 5. The van der Waals surface area contributed by atoms with E-state index < -0.39 is 5.97 Å². The van der Waals surface area contributed by atoms with E-state index in [1.807, 2.05) is 66.7 Å². The number of hydrogen-bond donors (Lipinski definition) is 2. The van der Waals surface area contributed by atoms with Crippen molar-refractivity contribution in [1.82, 2.24) is 4.98 Å². The summed E-state index contributed by atoms with van der Waals surface area (Å²) in [5.41, 5.74) is 12.3. The van der Waals surface area contributed by atoms with Gasteiger partial charge in [0.05, 0.1) is 24.1 Å². The molecule has 3 heterocycles. The standard InChI is InChI=1S/C31H27N3O3S2/c1-37-31(36)25-20-15-9-4-10-16-23(20)38-30(25)34-28(35)27-26(32)24-21(18-11-5-2-6-12-18)17-22(33-29(24)39-27)19-13-7-3-8-14-19/h2-3,5-8,11-14,17H,4,9-10,15-16,32H2,1H3,(H,34,35). The van der Waals surface area contributed by atoms with Crippen LogP contribution in [0.2, 0.25) is 0 Å². The van der Waals surface area contributed by atoms with Gasteiger partial charge in [0.25, 0.3) is 5.91 Å².